The molecular weight excluding hydrogens is 300 g/mol. The van der Waals surface area contributed by atoms with Crippen molar-refractivity contribution in [2.24, 2.45) is 0 Å². The van der Waals surface area contributed by atoms with Gasteiger partial charge in [0, 0.05) is 18.0 Å². The van der Waals surface area contributed by atoms with E-state index in [2.05, 4.69) is 10.0 Å². The van der Waals surface area contributed by atoms with Gasteiger partial charge in [-0.25, -0.2) is 13.1 Å². The Kier molecular flexibility index (Phi) is 6.45. The van der Waals surface area contributed by atoms with E-state index in [-0.39, 0.29) is 12.3 Å². The summed E-state index contributed by atoms with van der Waals surface area (Å²) in [5, 5.41) is 3.29. The van der Waals surface area contributed by atoms with Gasteiger partial charge in [0.1, 0.15) is 0 Å². The first-order valence-corrected chi connectivity index (χ1v) is 8.58. The molecule has 0 saturated carbocycles. The van der Waals surface area contributed by atoms with Gasteiger partial charge < -0.3 is 5.32 Å². The maximum Gasteiger partial charge on any atom is 0.221 e. The molecule has 0 unspecified atom stereocenters. The highest BCUT2D eigenvalue weighted by molar-refractivity contribution is 7.88. The van der Waals surface area contributed by atoms with Crippen molar-refractivity contribution in [1.82, 2.24) is 10.0 Å². The molecule has 2 N–H and O–H groups in total. The molecule has 0 spiro atoms. The number of halogens is 1. The molecule has 1 aromatic rings. The highest BCUT2D eigenvalue weighted by Gasteiger charge is 2.19. The van der Waals surface area contributed by atoms with Crippen LogP contribution in [0.4, 0.5) is 0 Å². The van der Waals surface area contributed by atoms with E-state index in [1.165, 1.54) is 0 Å². The summed E-state index contributed by atoms with van der Waals surface area (Å²) in [4.78, 5) is 11.8. The molecule has 0 aliphatic carbocycles. The van der Waals surface area contributed by atoms with Gasteiger partial charge in [-0.15, -0.1) is 0 Å². The van der Waals surface area contributed by atoms with Crippen LogP contribution in [0.2, 0.25) is 5.02 Å². The monoisotopic (exact) mass is 318 g/mol. The van der Waals surface area contributed by atoms with Crippen LogP contribution < -0.4 is 10.0 Å². The van der Waals surface area contributed by atoms with Crippen LogP contribution in [0, 0.1) is 0 Å². The number of nitrogens with one attached hydrogen (secondary N) is 2. The molecule has 1 atom stereocenters. The Morgan fingerprint density at radius 3 is 2.40 bits per heavy atom. The summed E-state index contributed by atoms with van der Waals surface area (Å²) in [5.41, 5.74) is 0.700. The minimum Gasteiger partial charge on any atom is -0.356 e. The smallest absolute Gasteiger partial charge is 0.221 e. The van der Waals surface area contributed by atoms with E-state index < -0.39 is 16.1 Å². The Balaban J connectivity index is 2.85. The molecule has 112 valence electrons. The van der Waals surface area contributed by atoms with E-state index in [1.54, 1.807) is 24.3 Å². The highest BCUT2D eigenvalue weighted by atomic mass is 35.5. The second kappa shape index (κ2) is 7.61. The summed E-state index contributed by atoms with van der Waals surface area (Å²) in [5.74, 6) is -0.192. The topological polar surface area (TPSA) is 75.3 Å². The quantitative estimate of drug-likeness (QED) is 0.805. The normalized spacial score (nSPS) is 12.9. The summed E-state index contributed by atoms with van der Waals surface area (Å²) < 4.78 is 25.3. The average molecular weight is 319 g/mol. The molecule has 0 radical (unpaired) electrons. The van der Waals surface area contributed by atoms with Crippen molar-refractivity contribution in [3.05, 3.63) is 34.9 Å². The second-order valence-electron chi connectivity index (χ2n) is 4.55. The molecule has 7 heteroatoms. The Labute approximate surface area is 124 Å². The first kappa shape index (κ1) is 16.9. The number of rotatable bonds is 7. The molecule has 0 heterocycles. The first-order chi connectivity index (χ1) is 9.31. The van der Waals surface area contributed by atoms with Crippen molar-refractivity contribution in [3.63, 3.8) is 0 Å². The lowest BCUT2D eigenvalue weighted by Crippen LogP contribution is -2.33. The van der Waals surface area contributed by atoms with Gasteiger partial charge in [0.05, 0.1) is 12.3 Å². The minimum atomic E-state index is -3.41. The van der Waals surface area contributed by atoms with Gasteiger partial charge in [-0.2, -0.15) is 0 Å². The lowest BCUT2D eigenvalue weighted by molar-refractivity contribution is -0.121. The molecule has 1 rings (SSSR count). The Morgan fingerprint density at radius 2 is 1.90 bits per heavy atom. The molecule has 20 heavy (non-hydrogen) atoms. The van der Waals surface area contributed by atoms with E-state index in [1.807, 2.05) is 6.92 Å². The summed E-state index contributed by atoms with van der Waals surface area (Å²) in [7, 11) is -3.41. The third kappa shape index (κ3) is 6.36. The SMILES string of the molecule is CCCNC(=O)C[C@H](NS(C)(=O)=O)c1ccc(Cl)cc1. The van der Waals surface area contributed by atoms with Crippen molar-refractivity contribution in [1.29, 1.82) is 0 Å². The number of benzene rings is 1. The highest BCUT2D eigenvalue weighted by Crippen LogP contribution is 2.20. The number of hydrogen-bond donors (Lipinski definition) is 2. The largest absolute Gasteiger partial charge is 0.356 e. The van der Waals surface area contributed by atoms with E-state index in [0.717, 1.165) is 12.7 Å². The number of amides is 1. The molecule has 0 bridgehead atoms. The van der Waals surface area contributed by atoms with Gasteiger partial charge in [0.2, 0.25) is 15.9 Å². The van der Waals surface area contributed by atoms with Gasteiger partial charge in [-0.3, -0.25) is 4.79 Å². The van der Waals surface area contributed by atoms with Crippen LogP contribution in [0.5, 0.6) is 0 Å². The van der Waals surface area contributed by atoms with Crippen molar-refractivity contribution < 1.29 is 13.2 Å². The van der Waals surface area contributed by atoms with Crippen molar-refractivity contribution in [2.75, 3.05) is 12.8 Å². The van der Waals surface area contributed by atoms with E-state index >= 15 is 0 Å². The van der Waals surface area contributed by atoms with Gasteiger partial charge in [0.15, 0.2) is 0 Å². The van der Waals surface area contributed by atoms with Gasteiger partial charge >= 0.3 is 0 Å². The zero-order valence-electron chi connectivity index (χ0n) is 11.5. The maximum atomic E-state index is 11.8. The van der Waals surface area contributed by atoms with Gasteiger partial charge in [0.25, 0.3) is 0 Å². The first-order valence-electron chi connectivity index (χ1n) is 6.31. The van der Waals surface area contributed by atoms with Crippen LogP contribution in [-0.2, 0) is 14.8 Å². The molecule has 0 aliphatic rings. The predicted molar refractivity (Wildman–Crippen MR) is 80.1 cm³/mol. The van der Waals surface area contributed by atoms with Crippen molar-refractivity contribution in [2.45, 2.75) is 25.8 Å². The van der Waals surface area contributed by atoms with Crippen LogP contribution in [0.15, 0.2) is 24.3 Å². The zero-order valence-corrected chi connectivity index (χ0v) is 13.1. The maximum absolute atomic E-state index is 11.8. The fourth-order valence-corrected chi connectivity index (χ4v) is 2.57. The Bertz CT molecular complexity index is 543. The summed E-state index contributed by atoms with van der Waals surface area (Å²) in [6.45, 7) is 2.52. The van der Waals surface area contributed by atoms with Crippen LogP contribution in [-0.4, -0.2) is 27.1 Å². The fraction of sp³-hybridized carbons (Fsp3) is 0.462. The number of carbonyl (C=O) groups is 1. The fourth-order valence-electron chi connectivity index (χ4n) is 1.70. The summed E-state index contributed by atoms with van der Waals surface area (Å²) >= 11 is 5.81. The molecule has 0 saturated heterocycles. The minimum absolute atomic E-state index is 0.0503. The summed E-state index contributed by atoms with van der Waals surface area (Å²) in [6, 6.07) is 6.14. The lowest BCUT2D eigenvalue weighted by Gasteiger charge is -2.17. The van der Waals surface area contributed by atoms with Crippen molar-refractivity contribution >= 4 is 27.5 Å². The van der Waals surface area contributed by atoms with Crippen LogP contribution >= 0.6 is 11.6 Å². The Hall–Kier alpha value is -1.11. The third-order valence-electron chi connectivity index (χ3n) is 2.59. The van der Waals surface area contributed by atoms with Gasteiger partial charge in [-0.1, -0.05) is 30.7 Å². The third-order valence-corrected chi connectivity index (χ3v) is 3.56. The van der Waals surface area contributed by atoms with Crippen LogP contribution in [0.25, 0.3) is 0 Å². The molecule has 5 nitrogen and oxygen atoms in total. The second-order valence-corrected chi connectivity index (χ2v) is 6.76. The summed E-state index contributed by atoms with van der Waals surface area (Å²) in [6.07, 6.45) is 1.95. The molecule has 0 fully saturated rings. The molecule has 1 amide bonds. The average Bonchev–Trinajstić information content (AvgIpc) is 2.35. The van der Waals surface area contributed by atoms with Crippen LogP contribution in [0.3, 0.4) is 0 Å². The van der Waals surface area contributed by atoms with E-state index in [4.69, 9.17) is 11.6 Å². The number of carbonyl (C=O) groups excluding carboxylic acids is 1. The van der Waals surface area contributed by atoms with E-state index in [0.29, 0.717) is 17.1 Å². The predicted octanol–water partition coefficient (Wildman–Crippen LogP) is 1.85. The number of sulfonamides is 1. The zero-order chi connectivity index (χ0) is 15.2. The standard InChI is InChI=1S/C13H19ClN2O3S/c1-3-8-15-13(17)9-12(16-20(2,18)19)10-4-6-11(14)7-5-10/h4-7,12,16H,3,8-9H2,1-2H3,(H,15,17)/t12-/m0/s1. The molecule has 1 aromatic carbocycles. The van der Waals surface area contributed by atoms with E-state index in [9.17, 15) is 13.2 Å². The number of hydrogen-bond acceptors (Lipinski definition) is 3. The molecule has 0 aliphatic heterocycles. The lowest BCUT2D eigenvalue weighted by atomic mass is 10.0. The van der Waals surface area contributed by atoms with Crippen LogP contribution in [0.1, 0.15) is 31.4 Å². The molecule has 0 aromatic heterocycles. The van der Waals surface area contributed by atoms with Gasteiger partial charge in [-0.05, 0) is 24.1 Å². The van der Waals surface area contributed by atoms with Crippen molar-refractivity contribution in [3.8, 4) is 0 Å². The molecular formula is C13H19ClN2O3S. The Morgan fingerprint density at radius 1 is 1.30 bits per heavy atom.